The molecule has 3 heterocycles. The summed E-state index contributed by atoms with van der Waals surface area (Å²) in [6, 6.07) is 10.7. The standard InChI is InChI=1S/C24H23FN2O4/c1-15-2-7-19-18(14-15)22(28)20-21(16-3-5-17(25)6-4-16)27(24(29)23(20)31-19)9-8-26-10-12-30-13-11-26/h2-7,14,21H,8-13H2,1H3/t21-/m1/s1. The fourth-order valence-electron chi connectivity index (χ4n) is 4.43. The number of nitrogens with zero attached hydrogens (tertiary/aromatic N) is 2. The van der Waals surface area contributed by atoms with Crippen molar-refractivity contribution in [2.24, 2.45) is 0 Å². The highest BCUT2D eigenvalue weighted by Crippen LogP contribution is 2.38. The van der Waals surface area contributed by atoms with E-state index in [9.17, 15) is 14.0 Å². The van der Waals surface area contributed by atoms with Crippen molar-refractivity contribution in [3.63, 3.8) is 0 Å². The predicted octanol–water partition coefficient (Wildman–Crippen LogP) is 3.12. The molecule has 1 aromatic heterocycles. The third kappa shape index (κ3) is 3.54. The molecule has 2 aromatic carbocycles. The van der Waals surface area contributed by atoms with E-state index in [4.69, 9.17) is 9.15 Å². The first kappa shape index (κ1) is 19.9. The van der Waals surface area contributed by atoms with Gasteiger partial charge in [-0.3, -0.25) is 14.5 Å². The Kier molecular flexibility index (Phi) is 5.08. The van der Waals surface area contributed by atoms with Gasteiger partial charge < -0.3 is 14.1 Å². The number of morpholine rings is 1. The van der Waals surface area contributed by atoms with E-state index in [-0.39, 0.29) is 22.9 Å². The Morgan fingerprint density at radius 2 is 1.77 bits per heavy atom. The lowest BCUT2D eigenvalue weighted by Crippen LogP contribution is -2.42. The summed E-state index contributed by atoms with van der Waals surface area (Å²) in [7, 11) is 0. The molecule has 0 unspecified atom stereocenters. The lowest BCUT2D eigenvalue weighted by Gasteiger charge is -2.31. The normalized spacial score (nSPS) is 19.2. The van der Waals surface area contributed by atoms with E-state index in [1.54, 1.807) is 29.2 Å². The number of aryl methyl sites for hydroxylation is 1. The average Bonchev–Trinajstić information content (AvgIpc) is 3.06. The van der Waals surface area contributed by atoms with Crippen LogP contribution in [0.2, 0.25) is 0 Å². The summed E-state index contributed by atoms with van der Waals surface area (Å²) >= 11 is 0. The Hall–Kier alpha value is -3.03. The van der Waals surface area contributed by atoms with Crippen molar-refractivity contribution in [2.45, 2.75) is 13.0 Å². The molecule has 3 aromatic rings. The largest absolute Gasteiger partial charge is 0.450 e. The van der Waals surface area contributed by atoms with E-state index in [1.165, 1.54) is 12.1 Å². The van der Waals surface area contributed by atoms with Crippen molar-refractivity contribution < 1.29 is 18.3 Å². The highest BCUT2D eigenvalue weighted by Gasteiger charge is 2.42. The summed E-state index contributed by atoms with van der Waals surface area (Å²) in [5.74, 6) is -0.593. The van der Waals surface area contributed by atoms with E-state index in [2.05, 4.69) is 4.90 Å². The van der Waals surface area contributed by atoms with Gasteiger partial charge in [-0.15, -0.1) is 0 Å². The maximum Gasteiger partial charge on any atom is 0.290 e. The van der Waals surface area contributed by atoms with Gasteiger partial charge in [-0.25, -0.2) is 4.39 Å². The highest BCUT2D eigenvalue weighted by molar-refractivity contribution is 5.99. The molecule has 0 radical (unpaired) electrons. The van der Waals surface area contributed by atoms with Gasteiger partial charge in [0.2, 0.25) is 5.76 Å². The maximum absolute atomic E-state index is 13.6. The SMILES string of the molecule is Cc1ccc2oc3c(c(=O)c2c1)[C@@H](c1ccc(F)cc1)N(CCN1CCOCC1)C3=O. The molecule has 0 bridgehead atoms. The molecule has 0 N–H and O–H groups in total. The van der Waals surface area contributed by atoms with Gasteiger partial charge in [0.05, 0.1) is 30.2 Å². The van der Waals surface area contributed by atoms with Crippen LogP contribution in [0, 0.1) is 12.7 Å². The fraction of sp³-hybridized carbons (Fsp3) is 0.333. The van der Waals surface area contributed by atoms with Crippen LogP contribution >= 0.6 is 0 Å². The first-order chi connectivity index (χ1) is 15.0. The molecular weight excluding hydrogens is 399 g/mol. The van der Waals surface area contributed by atoms with E-state index in [0.717, 1.165) is 18.7 Å². The zero-order chi connectivity index (χ0) is 21.5. The monoisotopic (exact) mass is 422 g/mol. The molecule has 0 spiro atoms. The molecule has 0 aliphatic carbocycles. The summed E-state index contributed by atoms with van der Waals surface area (Å²) in [5, 5.41) is 0.452. The summed E-state index contributed by atoms with van der Waals surface area (Å²) in [6.07, 6.45) is 0. The molecule has 31 heavy (non-hydrogen) atoms. The van der Waals surface area contributed by atoms with Gasteiger partial charge in [0.25, 0.3) is 5.91 Å². The van der Waals surface area contributed by atoms with Crippen LogP contribution in [0.4, 0.5) is 4.39 Å². The number of fused-ring (bicyclic) bond motifs is 2. The van der Waals surface area contributed by atoms with Crippen molar-refractivity contribution in [3.05, 3.63) is 81.0 Å². The van der Waals surface area contributed by atoms with Crippen molar-refractivity contribution >= 4 is 16.9 Å². The van der Waals surface area contributed by atoms with Crippen LogP contribution in [0.5, 0.6) is 0 Å². The van der Waals surface area contributed by atoms with Gasteiger partial charge in [0.15, 0.2) is 5.43 Å². The molecule has 160 valence electrons. The smallest absolute Gasteiger partial charge is 0.290 e. The first-order valence-electron chi connectivity index (χ1n) is 10.5. The second-order valence-electron chi connectivity index (χ2n) is 8.08. The summed E-state index contributed by atoms with van der Waals surface area (Å²) in [4.78, 5) is 30.7. The zero-order valence-corrected chi connectivity index (χ0v) is 17.3. The summed E-state index contributed by atoms with van der Waals surface area (Å²) < 4.78 is 24.9. The Bertz CT molecular complexity index is 1200. The van der Waals surface area contributed by atoms with E-state index in [1.807, 2.05) is 13.0 Å². The van der Waals surface area contributed by atoms with Crippen LogP contribution in [-0.4, -0.2) is 55.1 Å². The van der Waals surface area contributed by atoms with Gasteiger partial charge in [0, 0.05) is 26.2 Å². The minimum Gasteiger partial charge on any atom is -0.450 e. The number of halogens is 1. The molecule has 0 saturated carbocycles. The van der Waals surface area contributed by atoms with Crippen molar-refractivity contribution in [1.29, 1.82) is 0 Å². The third-order valence-corrected chi connectivity index (χ3v) is 6.07. The Morgan fingerprint density at radius 1 is 1.03 bits per heavy atom. The molecule has 7 heteroatoms. The fourth-order valence-corrected chi connectivity index (χ4v) is 4.43. The van der Waals surface area contributed by atoms with E-state index >= 15 is 0 Å². The zero-order valence-electron chi connectivity index (χ0n) is 17.3. The molecule has 1 amide bonds. The topological polar surface area (TPSA) is 63.0 Å². The quantitative estimate of drug-likeness (QED) is 0.647. The number of hydrogen-bond donors (Lipinski definition) is 0. The summed E-state index contributed by atoms with van der Waals surface area (Å²) in [6.45, 7) is 5.94. The number of amides is 1. The molecule has 5 rings (SSSR count). The van der Waals surface area contributed by atoms with Crippen LogP contribution < -0.4 is 5.43 Å². The molecule has 1 saturated heterocycles. The number of carbonyl (C=O) groups is 1. The van der Waals surface area contributed by atoms with Crippen LogP contribution in [0.1, 0.15) is 33.3 Å². The van der Waals surface area contributed by atoms with Crippen molar-refractivity contribution in [2.75, 3.05) is 39.4 Å². The molecular formula is C24H23FN2O4. The molecule has 1 fully saturated rings. The Morgan fingerprint density at radius 3 is 2.52 bits per heavy atom. The highest BCUT2D eigenvalue weighted by atomic mass is 19.1. The van der Waals surface area contributed by atoms with Gasteiger partial charge >= 0.3 is 0 Å². The lowest BCUT2D eigenvalue weighted by atomic mass is 9.98. The average molecular weight is 422 g/mol. The number of hydrogen-bond acceptors (Lipinski definition) is 5. The number of ether oxygens (including phenoxy) is 1. The molecule has 2 aliphatic rings. The van der Waals surface area contributed by atoms with E-state index < -0.39 is 6.04 Å². The molecule has 1 atom stereocenters. The van der Waals surface area contributed by atoms with Gasteiger partial charge in [-0.2, -0.15) is 0 Å². The second-order valence-corrected chi connectivity index (χ2v) is 8.08. The maximum atomic E-state index is 13.6. The number of benzene rings is 2. The molecule has 2 aliphatic heterocycles. The van der Waals surface area contributed by atoms with Gasteiger partial charge in [-0.1, -0.05) is 23.8 Å². The Labute approximate surface area is 178 Å². The minimum absolute atomic E-state index is 0.0812. The van der Waals surface area contributed by atoms with Gasteiger partial charge in [-0.05, 0) is 36.8 Å². The number of rotatable bonds is 4. The first-order valence-corrected chi connectivity index (χ1v) is 10.5. The summed E-state index contributed by atoms with van der Waals surface area (Å²) in [5.41, 5.74) is 2.14. The molecule has 6 nitrogen and oxygen atoms in total. The van der Waals surface area contributed by atoms with Crippen LogP contribution in [-0.2, 0) is 4.74 Å². The van der Waals surface area contributed by atoms with Crippen LogP contribution in [0.3, 0.4) is 0 Å². The predicted molar refractivity (Wildman–Crippen MR) is 114 cm³/mol. The van der Waals surface area contributed by atoms with E-state index in [0.29, 0.717) is 48.4 Å². The third-order valence-electron chi connectivity index (χ3n) is 6.07. The Balaban J connectivity index is 1.60. The van der Waals surface area contributed by atoms with Crippen LogP contribution in [0.25, 0.3) is 11.0 Å². The van der Waals surface area contributed by atoms with Crippen LogP contribution in [0.15, 0.2) is 51.7 Å². The van der Waals surface area contributed by atoms with Crippen molar-refractivity contribution in [3.8, 4) is 0 Å². The van der Waals surface area contributed by atoms with Crippen molar-refractivity contribution in [1.82, 2.24) is 9.80 Å². The minimum atomic E-state index is -0.606. The second kappa shape index (κ2) is 7.90. The number of carbonyl (C=O) groups excluding carboxylic acids is 1. The lowest BCUT2D eigenvalue weighted by molar-refractivity contribution is 0.0314. The van der Waals surface area contributed by atoms with Gasteiger partial charge in [0.1, 0.15) is 11.4 Å².